The molecule has 0 aromatic heterocycles. The summed E-state index contributed by atoms with van der Waals surface area (Å²) in [5.74, 6) is 0.209. The summed E-state index contributed by atoms with van der Waals surface area (Å²) in [6.45, 7) is 3.40. The number of halogens is 1. The number of amides is 1. The largest absolute Gasteiger partial charge is 0.337 e. The zero-order chi connectivity index (χ0) is 13.8. The Bertz CT molecular complexity index is 438. The zero-order valence-corrected chi connectivity index (χ0v) is 13.4. The normalized spacial score (nSPS) is 20.6. The van der Waals surface area contributed by atoms with Crippen LogP contribution in [0.2, 0.25) is 0 Å². The summed E-state index contributed by atoms with van der Waals surface area (Å²) >= 11 is 5.02. The van der Waals surface area contributed by atoms with Crippen molar-refractivity contribution < 1.29 is 4.79 Å². The van der Waals surface area contributed by atoms with Crippen LogP contribution in [0.15, 0.2) is 33.6 Å². The smallest absolute Gasteiger partial charge is 0.236 e. The van der Waals surface area contributed by atoms with Crippen molar-refractivity contribution in [1.82, 2.24) is 4.90 Å². The van der Waals surface area contributed by atoms with Crippen LogP contribution in [0.1, 0.15) is 19.8 Å². The lowest BCUT2D eigenvalue weighted by molar-refractivity contribution is -0.130. The van der Waals surface area contributed by atoms with E-state index in [-0.39, 0.29) is 17.2 Å². The fourth-order valence-electron chi connectivity index (χ4n) is 2.37. The molecule has 1 saturated heterocycles. The van der Waals surface area contributed by atoms with Gasteiger partial charge in [0.1, 0.15) is 0 Å². The Morgan fingerprint density at radius 2 is 2.21 bits per heavy atom. The van der Waals surface area contributed by atoms with Gasteiger partial charge in [-0.3, -0.25) is 4.79 Å². The quantitative estimate of drug-likeness (QED) is 0.855. The van der Waals surface area contributed by atoms with Gasteiger partial charge in [-0.15, -0.1) is 11.8 Å². The number of likely N-dealkylation sites (tertiary alicyclic amines) is 1. The summed E-state index contributed by atoms with van der Waals surface area (Å²) in [6, 6.07) is 8.29. The second-order valence-corrected chi connectivity index (χ2v) is 7.11. The molecule has 0 spiro atoms. The highest BCUT2D eigenvalue weighted by molar-refractivity contribution is 9.10. The Labute approximate surface area is 127 Å². The fraction of sp³-hybridized carbons (Fsp3) is 0.500. The molecule has 2 N–H and O–H groups in total. The number of hydrogen-bond donors (Lipinski definition) is 1. The molecular formula is C14H19BrN2OS. The minimum absolute atomic E-state index is 0.0617. The minimum atomic E-state index is -0.0617. The first kappa shape index (κ1) is 14.9. The molecule has 0 saturated carbocycles. The summed E-state index contributed by atoms with van der Waals surface area (Å²) in [7, 11) is 0. The highest BCUT2D eigenvalue weighted by atomic mass is 79.9. The van der Waals surface area contributed by atoms with E-state index in [4.69, 9.17) is 5.73 Å². The molecule has 104 valence electrons. The summed E-state index contributed by atoms with van der Waals surface area (Å²) < 4.78 is 1.05. The van der Waals surface area contributed by atoms with E-state index in [2.05, 4.69) is 15.9 Å². The van der Waals surface area contributed by atoms with Gasteiger partial charge in [0, 0.05) is 28.5 Å². The van der Waals surface area contributed by atoms with Gasteiger partial charge in [0.25, 0.3) is 0 Å². The van der Waals surface area contributed by atoms with Crippen molar-refractivity contribution in [3.63, 3.8) is 0 Å². The van der Waals surface area contributed by atoms with Gasteiger partial charge in [0.15, 0.2) is 0 Å². The van der Waals surface area contributed by atoms with Gasteiger partial charge in [-0.1, -0.05) is 15.9 Å². The molecule has 2 rings (SSSR count). The van der Waals surface area contributed by atoms with Crippen molar-refractivity contribution in [3.05, 3.63) is 28.7 Å². The first-order valence-electron chi connectivity index (χ1n) is 6.54. The van der Waals surface area contributed by atoms with Gasteiger partial charge in [-0.25, -0.2) is 0 Å². The fourth-order valence-corrected chi connectivity index (χ4v) is 3.57. The molecule has 1 heterocycles. The maximum atomic E-state index is 12.4. The molecule has 5 heteroatoms. The summed E-state index contributed by atoms with van der Waals surface area (Å²) in [5, 5.41) is -0.0617. The van der Waals surface area contributed by atoms with Gasteiger partial charge in [-0.05, 0) is 44.0 Å². The predicted octanol–water partition coefficient (Wildman–Crippen LogP) is 2.88. The van der Waals surface area contributed by atoms with Crippen LogP contribution in [0.5, 0.6) is 0 Å². The predicted molar refractivity (Wildman–Crippen MR) is 83.3 cm³/mol. The minimum Gasteiger partial charge on any atom is -0.337 e. The van der Waals surface area contributed by atoms with Gasteiger partial charge in [0.2, 0.25) is 5.91 Å². The van der Waals surface area contributed by atoms with Crippen LogP contribution < -0.4 is 5.73 Å². The third-order valence-electron chi connectivity index (χ3n) is 3.41. The van der Waals surface area contributed by atoms with Crippen molar-refractivity contribution >= 4 is 33.6 Å². The van der Waals surface area contributed by atoms with E-state index in [1.54, 1.807) is 11.8 Å². The highest BCUT2D eigenvalue weighted by Gasteiger charge is 2.30. The first-order valence-corrected chi connectivity index (χ1v) is 8.22. The van der Waals surface area contributed by atoms with E-state index in [0.29, 0.717) is 6.54 Å². The first-order chi connectivity index (χ1) is 9.11. The summed E-state index contributed by atoms with van der Waals surface area (Å²) in [4.78, 5) is 15.5. The third kappa shape index (κ3) is 3.74. The monoisotopic (exact) mass is 342 g/mol. The van der Waals surface area contributed by atoms with Gasteiger partial charge < -0.3 is 10.6 Å². The number of carbonyl (C=O) groups is 1. The molecule has 0 aliphatic carbocycles. The van der Waals surface area contributed by atoms with Crippen LogP contribution in [-0.2, 0) is 4.79 Å². The third-order valence-corrected chi connectivity index (χ3v) is 5.03. The molecule has 1 aromatic carbocycles. The molecule has 1 amide bonds. The summed E-state index contributed by atoms with van der Waals surface area (Å²) in [5.41, 5.74) is 5.73. The van der Waals surface area contributed by atoms with Crippen molar-refractivity contribution in [2.45, 2.75) is 36.0 Å². The van der Waals surface area contributed by atoms with Crippen molar-refractivity contribution in [2.75, 3.05) is 13.1 Å². The maximum Gasteiger partial charge on any atom is 0.236 e. The van der Waals surface area contributed by atoms with Crippen LogP contribution in [-0.4, -0.2) is 35.2 Å². The molecule has 1 aliphatic heterocycles. The number of benzene rings is 1. The van der Waals surface area contributed by atoms with E-state index < -0.39 is 0 Å². The van der Waals surface area contributed by atoms with Gasteiger partial charge >= 0.3 is 0 Å². The number of hydrogen-bond acceptors (Lipinski definition) is 3. The van der Waals surface area contributed by atoms with Gasteiger partial charge in [0.05, 0.1) is 5.25 Å². The molecule has 1 fully saturated rings. The summed E-state index contributed by atoms with van der Waals surface area (Å²) in [6.07, 6.45) is 2.11. The van der Waals surface area contributed by atoms with Crippen molar-refractivity contribution in [3.8, 4) is 0 Å². The van der Waals surface area contributed by atoms with Crippen LogP contribution >= 0.6 is 27.7 Å². The van der Waals surface area contributed by atoms with Crippen LogP contribution in [0.4, 0.5) is 0 Å². The second-order valence-electron chi connectivity index (χ2n) is 4.78. The van der Waals surface area contributed by atoms with Crippen molar-refractivity contribution in [2.24, 2.45) is 5.73 Å². The Balaban J connectivity index is 1.97. The number of nitrogens with zero attached hydrogens (tertiary/aromatic N) is 1. The molecule has 2 atom stereocenters. The van der Waals surface area contributed by atoms with E-state index >= 15 is 0 Å². The molecule has 1 aromatic rings. The van der Waals surface area contributed by atoms with E-state index in [9.17, 15) is 4.79 Å². The van der Waals surface area contributed by atoms with E-state index in [1.807, 2.05) is 36.1 Å². The number of thioether (sulfide) groups is 1. The Morgan fingerprint density at radius 3 is 2.84 bits per heavy atom. The maximum absolute atomic E-state index is 12.4. The molecular weight excluding hydrogens is 324 g/mol. The molecule has 2 unspecified atom stereocenters. The lowest BCUT2D eigenvalue weighted by Gasteiger charge is -2.26. The number of carbonyl (C=O) groups excluding carboxylic acids is 1. The average molecular weight is 343 g/mol. The average Bonchev–Trinajstić information content (AvgIpc) is 2.88. The standard InChI is InChI=1S/C14H19BrN2OS/c1-10(19-13-6-4-11(15)5-7-13)14(18)17-8-2-3-12(17)9-16/h4-7,10,12H,2-3,8-9,16H2,1H3. The van der Waals surface area contributed by atoms with Crippen molar-refractivity contribution in [1.29, 1.82) is 0 Å². The lowest BCUT2D eigenvalue weighted by atomic mass is 10.2. The topological polar surface area (TPSA) is 46.3 Å². The lowest BCUT2D eigenvalue weighted by Crippen LogP contribution is -2.43. The number of nitrogens with two attached hydrogens (primary N) is 1. The molecule has 1 aliphatic rings. The Morgan fingerprint density at radius 1 is 1.53 bits per heavy atom. The van der Waals surface area contributed by atoms with E-state index in [1.165, 1.54) is 0 Å². The number of rotatable bonds is 4. The molecule has 3 nitrogen and oxygen atoms in total. The molecule has 0 bridgehead atoms. The Kier molecular flexibility index (Phi) is 5.30. The van der Waals surface area contributed by atoms with Crippen LogP contribution in [0.25, 0.3) is 0 Å². The zero-order valence-electron chi connectivity index (χ0n) is 11.0. The molecule has 19 heavy (non-hydrogen) atoms. The Hall–Kier alpha value is -0.520. The van der Waals surface area contributed by atoms with E-state index in [0.717, 1.165) is 28.8 Å². The van der Waals surface area contributed by atoms with Gasteiger partial charge in [-0.2, -0.15) is 0 Å². The van der Waals surface area contributed by atoms with Crippen LogP contribution in [0.3, 0.4) is 0 Å². The van der Waals surface area contributed by atoms with Crippen LogP contribution in [0, 0.1) is 0 Å². The highest BCUT2D eigenvalue weighted by Crippen LogP contribution is 2.28. The second kappa shape index (κ2) is 6.77. The molecule has 0 radical (unpaired) electrons. The SMILES string of the molecule is CC(Sc1ccc(Br)cc1)C(=O)N1CCCC1CN.